The predicted molar refractivity (Wildman–Crippen MR) is 118 cm³/mol. The van der Waals surface area contributed by atoms with Crippen LogP contribution in [-0.2, 0) is 5.41 Å². The van der Waals surface area contributed by atoms with Crippen LogP contribution in [0.2, 0.25) is 0 Å². The fraction of sp³-hybridized carbons (Fsp3) is 0.250. The molecule has 2 aromatic heterocycles. The molecule has 1 N–H and O–H groups in total. The summed E-state index contributed by atoms with van der Waals surface area (Å²) in [5.74, 6) is 0.983. The fourth-order valence-electron chi connectivity index (χ4n) is 3.24. The van der Waals surface area contributed by atoms with Crippen LogP contribution in [0.4, 0.5) is 4.39 Å². The molecule has 0 aliphatic rings. The molecule has 0 atom stereocenters. The molecule has 0 bridgehead atoms. The van der Waals surface area contributed by atoms with Gasteiger partial charge < -0.3 is 19.0 Å². The number of oxazole rings is 1. The number of carbonyl (C=O) groups is 1. The van der Waals surface area contributed by atoms with Crippen LogP contribution in [0.25, 0.3) is 22.8 Å². The lowest BCUT2D eigenvalue weighted by atomic mass is 9.90. The van der Waals surface area contributed by atoms with Gasteiger partial charge in [0.1, 0.15) is 17.8 Å². The summed E-state index contributed by atoms with van der Waals surface area (Å²) in [4.78, 5) is 21.7. The quantitative estimate of drug-likeness (QED) is 0.440. The smallest absolute Gasteiger partial charge is 0.255 e. The van der Waals surface area contributed by atoms with Crippen molar-refractivity contribution < 1.29 is 22.9 Å². The third kappa shape index (κ3) is 4.77. The van der Waals surface area contributed by atoms with Gasteiger partial charge in [0.25, 0.3) is 5.91 Å². The van der Waals surface area contributed by atoms with E-state index < -0.39 is 5.41 Å². The molecule has 2 aromatic carbocycles. The van der Waals surface area contributed by atoms with Crippen molar-refractivity contribution in [2.45, 2.75) is 26.2 Å². The van der Waals surface area contributed by atoms with Gasteiger partial charge in [-0.05, 0) is 42.5 Å². The number of aryl methyl sites for hydroxylation is 1. The SMILES string of the molecule is COc1ccc(-c2noc(C)n2)cc1C(=O)NCC(C)(C)c1coc(-c2ccc(F)cc2)n1. The summed E-state index contributed by atoms with van der Waals surface area (Å²) < 4.78 is 29.2. The van der Waals surface area contributed by atoms with E-state index in [4.69, 9.17) is 13.7 Å². The average Bonchev–Trinajstić information content (AvgIpc) is 3.48. The molecule has 0 spiro atoms. The van der Waals surface area contributed by atoms with Gasteiger partial charge in [0.2, 0.25) is 17.6 Å². The summed E-state index contributed by atoms with van der Waals surface area (Å²) in [6.45, 7) is 5.86. The van der Waals surface area contributed by atoms with Crippen LogP contribution in [0.15, 0.2) is 57.7 Å². The summed E-state index contributed by atoms with van der Waals surface area (Å²) in [6, 6.07) is 11.0. The van der Waals surface area contributed by atoms with Gasteiger partial charge >= 0.3 is 0 Å². The average molecular weight is 450 g/mol. The number of ether oxygens (including phenoxy) is 1. The fourth-order valence-corrected chi connectivity index (χ4v) is 3.24. The van der Waals surface area contributed by atoms with E-state index in [0.717, 1.165) is 0 Å². The molecule has 0 saturated carbocycles. The minimum Gasteiger partial charge on any atom is -0.496 e. The molecule has 0 unspecified atom stereocenters. The number of halogens is 1. The number of hydrogen-bond acceptors (Lipinski definition) is 7. The second-order valence-electron chi connectivity index (χ2n) is 8.16. The minimum absolute atomic E-state index is 0.288. The van der Waals surface area contributed by atoms with Crippen molar-refractivity contribution >= 4 is 5.91 Å². The topological polar surface area (TPSA) is 103 Å². The molecule has 0 aliphatic heterocycles. The highest BCUT2D eigenvalue weighted by molar-refractivity contribution is 5.98. The first-order valence-corrected chi connectivity index (χ1v) is 10.3. The number of nitrogens with zero attached hydrogens (tertiary/aromatic N) is 3. The van der Waals surface area contributed by atoms with Gasteiger partial charge in [0.15, 0.2) is 0 Å². The first kappa shape index (κ1) is 22.2. The molecule has 0 radical (unpaired) electrons. The number of benzene rings is 2. The molecule has 170 valence electrons. The Balaban J connectivity index is 1.50. The molecule has 2 heterocycles. The maximum Gasteiger partial charge on any atom is 0.255 e. The highest BCUT2D eigenvalue weighted by Crippen LogP contribution is 2.28. The first-order valence-electron chi connectivity index (χ1n) is 10.3. The van der Waals surface area contributed by atoms with Gasteiger partial charge in [0, 0.05) is 30.0 Å². The van der Waals surface area contributed by atoms with Crippen molar-refractivity contribution in [1.29, 1.82) is 0 Å². The molecule has 4 rings (SSSR count). The second kappa shape index (κ2) is 8.85. The van der Waals surface area contributed by atoms with Crippen LogP contribution in [0, 0.1) is 12.7 Å². The van der Waals surface area contributed by atoms with Gasteiger partial charge in [-0.15, -0.1) is 0 Å². The van der Waals surface area contributed by atoms with Crippen molar-refractivity contribution in [3.63, 3.8) is 0 Å². The van der Waals surface area contributed by atoms with Gasteiger partial charge in [-0.3, -0.25) is 4.79 Å². The Morgan fingerprint density at radius 3 is 2.52 bits per heavy atom. The van der Waals surface area contributed by atoms with Crippen molar-refractivity contribution in [1.82, 2.24) is 20.4 Å². The highest BCUT2D eigenvalue weighted by atomic mass is 19.1. The van der Waals surface area contributed by atoms with Crippen molar-refractivity contribution in [2.24, 2.45) is 0 Å². The van der Waals surface area contributed by atoms with Crippen LogP contribution in [0.1, 0.15) is 35.8 Å². The molecular formula is C24H23FN4O4. The number of nitrogens with one attached hydrogen (secondary N) is 1. The van der Waals surface area contributed by atoms with E-state index in [1.807, 2.05) is 13.8 Å². The molecule has 0 aliphatic carbocycles. The summed E-state index contributed by atoms with van der Waals surface area (Å²) >= 11 is 0. The van der Waals surface area contributed by atoms with E-state index in [1.165, 1.54) is 19.2 Å². The molecule has 9 heteroatoms. The molecule has 0 saturated heterocycles. The number of amides is 1. The zero-order valence-electron chi connectivity index (χ0n) is 18.7. The second-order valence-corrected chi connectivity index (χ2v) is 8.16. The van der Waals surface area contributed by atoms with Crippen molar-refractivity contribution in [2.75, 3.05) is 13.7 Å². The lowest BCUT2D eigenvalue weighted by molar-refractivity contribution is 0.0942. The maximum absolute atomic E-state index is 13.2. The Labute approximate surface area is 189 Å². The van der Waals surface area contributed by atoms with Crippen molar-refractivity contribution in [3.8, 4) is 28.6 Å². The highest BCUT2D eigenvalue weighted by Gasteiger charge is 2.27. The summed E-state index contributed by atoms with van der Waals surface area (Å²) in [5, 5.41) is 6.84. The Hall–Kier alpha value is -4.01. The Morgan fingerprint density at radius 1 is 1.12 bits per heavy atom. The third-order valence-corrected chi connectivity index (χ3v) is 5.21. The van der Waals surface area contributed by atoms with Crippen LogP contribution in [-0.4, -0.2) is 34.7 Å². The molecule has 0 fully saturated rings. The number of rotatable bonds is 7. The van der Waals surface area contributed by atoms with E-state index >= 15 is 0 Å². The number of hydrogen-bond donors (Lipinski definition) is 1. The Morgan fingerprint density at radius 2 is 1.85 bits per heavy atom. The normalized spacial score (nSPS) is 11.4. The lowest BCUT2D eigenvalue weighted by Gasteiger charge is -2.22. The molecule has 33 heavy (non-hydrogen) atoms. The van der Waals surface area contributed by atoms with Crippen LogP contribution in [0.5, 0.6) is 5.75 Å². The minimum atomic E-state index is -0.535. The zero-order chi connectivity index (χ0) is 23.6. The summed E-state index contributed by atoms with van der Waals surface area (Å²) in [7, 11) is 1.50. The zero-order valence-corrected chi connectivity index (χ0v) is 18.7. The van der Waals surface area contributed by atoms with Gasteiger partial charge in [-0.1, -0.05) is 19.0 Å². The van der Waals surface area contributed by atoms with E-state index in [9.17, 15) is 9.18 Å². The summed E-state index contributed by atoms with van der Waals surface area (Å²) in [6.07, 6.45) is 1.55. The molecular weight excluding hydrogens is 427 g/mol. The standard InChI is InChI=1S/C24H23FN4O4/c1-14-27-21(29-33-14)16-7-10-19(31-4)18(11-16)22(30)26-13-24(2,3)20-12-32-23(28-20)15-5-8-17(25)9-6-15/h5-12H,13H2,1-4H3,(H,26,30). The molecule has 8 nitrogen and oxygen atoms in total. The monoisotopic (exact) mass is 450 g/mol. The first-order chi connectivity index (χ1) is 15.8. The van der Waals surface area contributed by atoms with Gasteiger partial charge in [-0.2, -0.15) is 4.98 Å². The van der Waals surface area contributed by atoms with Gasteiger partial charge in [0.05, 0.1) is 18.4 Å². The Kier molecular flexibility index (Phi) is 5.95. The number of aromatic nitrogens is 3. The van der Waals surface area contributed by atoms with E-state index in [-0.39, 0.29) is 18.3 Å². The molecule has 4 aromatic rings. The van der Waals surface area contributed by atoms with Crippen LogP contribution >= 0.6 is 0 Å². The number of methoxy groups -OCH3 is 1. The third-order valence-electron chi connectivity index (χ3n) is 5.21. The Bertz CT molecular complexity index is 1280. The van der Waals surface area contributed by atoms with Crippen LogP contribution in [0.3, 0.4) is 0 Å². The summed E-state index contributed by atoms with van der Waals surface area (Å²) in [5.41, 5.74) is 1.77. The molecule has 1 amide bonds. The van der Waals surface area contributed by atoms with E-state index in [1.54, 1.807) is 43.5 Å². The maximum atomic E-state index is 13.2. The lowest BCUT2D eigenvalue weighted by Crippen LogP contribution is -2.37. The van der Waals surface area contributed by atoms with Crippen molar-refractivity contribution in [3.05, 3.63) is 71.7 Å². The van der Waals surface area contributed by atoms with E-state index in [2.05, 4.69) is 20.4 Å². The van der Waals surface area contributed by atoms with Gasteiger partial charge in [-0.25, -0.2) is 9.37 Å². The van der Waals surface area contributed by atoms with E-state index in [0.29, 0.717) is 45.7 Å². The predicted octanol–water partition coefficient (Wildman–Crippen LogP) is 4.56. The largest absolute Gasteiger partial charge is 0.496 e. The number of carbonyl (C=O) groups excluding carboxylic acids is 1. The van der Waals surface area contributed by atoms with Crippen LogP contribution < -0.4 is 10.1 Å².